The lowest BCUT2D eigenvalue weighted by molar-refractivity contribution is -0.265. The second kappa shape index (κ2) is 3.20. The minimum atomic E-state index is -0.391. The summed E-state index contributed by atoms with van der Waals surface area (Å²) in [5, 5.41) is 0.740. The maximum atomic E-state index is 5.55. The third-order valence-corrected chi connectivity index (χ3v) is 2.64. The molecule has 60 valence electrons. The second-order valence-corrected chi connectivity index (χ2v) is 3.39. The summed E-state index contributed by atoms with van der Waals surface area (Å²) in [6, 6.07) is 0. The Morgan fingerprint density at radius 1 is 1.70 bits per heavy atom. The van der Waals surface area contributed by atoms with Gasteiger partial charge in [-0.05, 0) is 20.3 Å². The quantitative estimate of drug-likeness (QED) is 0.614. The van der Waals surface area contributed by atoms with E-state index in [1.807, 2.05) is 6.92 Å². The molecule has 1 saturated heterocycles. The fraction of sp³-hybridized carbons (Fsp3) is 1.00. The second-order valence-electron chi connectivity index (χ2n) is 2.83. The van der Waals surface area contributed by atoms with E-state index < -0.39 is 5.79 Å². The van der Waals surface area contributed by atoms with Gasteiger partial charge in [0.1, 0.15) is 0 Å². The fourth-order valence-electron chi connectivity index (χ4n) is 1.03. The normalized spacial score (nSPS) is 41.7. The molecule has 0 saturated carbocycles. The summed E-state index contributed by atoms with van der Waals surface area (Å²) in [5.74, 6) is -0.391. The maximum absolute atomic E-state index is 5.55. The van der Waals surface area contributed by atoms with Crippen LogP contribution in [-0.2, 0) is 9.47 Å². The first-order valence-electron chi connectivity index (χ1n) is 3.54. The molecular formula is C7H13BrO2. The number of hydrogen-bond acceptors (Lipinski definition) is 2. The average molecular weight is 209 g/mol. The molecule has 0 aromatic heterocycles. The van der Waals surface area contributed by atoms with Crippen LogP contribution >= 0.6 is 15.9 Å². The van der Waals surface area contributed by atoms with E-state index >= 15 is 0 Å². The van der Waals surface area contributed by atoms with Crippen molar-refractivity contribution in [2.24, 2.45) is 0 Å². The lowest BCUT2D eigenvalue weighted by Gasteiger charge is -2.35. The number of hydrogen-bond donors (Lipinski definition) is 0. The molecule has 1 heterocycles. The minimum Gasteiger partial charge on any atom is -0.349 e. The highest BCUT2D eigenvalue weighted by Gasteiger charge is 2.30. The van der Waals surface area contributed by atoms with Crippen LogP contribution in [0.3, 0.4) is 0 Å². The number of alkyl halides is 1. The van der Waals surface area contributed by atoms with Gasteiger partial charge in [-0.2, -0.15) is 0 Å². The van der Waals surface area contributed by atoms with Gasteiger partial charge in [0.25, 0.3) is 0 Å². The first-order chi connectivity index (χ1) is 4.66. The van der Waals surface area contributed by atoms with Crippen molar-refractivity contribution >= 4 is 15.9 Å². The molecule has 0 amide bonds. The highest BCUT2D eigenvalue weighted by Crippen LogP contribution is 2.23. The van der Waals surface area contributed by atoms with Gasteiger partial charge in [0, 0.05) is 0 Å². The molecule has 1 rings (SSSR count). The van der Waals surface area contributed by atoms with Crippen molar-refractivity contribution in [2.75, 3.05) is 11.9 Å². The third-order valence-electron chi connectivity index (χ3n) is 1.62. The topological polar surface area (TPSA) is 18.5 Å². The Hall–Kier alpha value is 0.400. The minimum absolute atomic E-state index is 0.330. The molecule has 0 spiro atoms. The summed E-state index contributed by atoms with van der Waals surface area (Å²) >= 11 is 3.34. The van der Waals surface area contributed by atoms with E-state index in [1.54, 1.807) is 0 Å². The molecule has 3 heteroatoms. The van der Waals surface area contributed by atoms with Gasteiger partial charge >= 0.3 is 0 Å². The van der Waals surface area contributed by atoms with Crippen LogP contribution in [0.4, 0.5) is 0 Å². The van der Waals surface area contributed by atoms with E-state index in [0.717, 1.165) is 18.4 Å². The van der Waals surface area contributed by atoms with Crippen LogP contribution < -0.4 is 0 Å². The van der Waals surface area contributed by atoms with Crippen LogP contribution in [-0.4, -0.2) is 23.8 Å². The lowest BCUT2D eigenvalue weighted by Crippen LogP contribution is -2.42. The first-order valence-corrected chi connectivity index (χ1v) is 4.66. The monoisotopic (exact) mass is 208 g/mol. The predicted molar refractivity (Wildman–Crippen MR) is 43.3 cm³/mol. The summed E-state index contributed by atoms with van der Waals surface area (Å²) in [6.45, 7) is 4.84. The maximum Gasteiger partial charge on any atom is 0.175 e. The summed E-state index contributed by atoms with van der Waals surface area (Å²) in [7, 11) is 0. The SMILES string of the molecule is CC1CCOC(C)(CBr)O1. The Bertz CT molecular complexity index is 118. The molecule has 2 atom stereocenters. The number of rotatable bonds is 1. The van der Waals surface area contributed by atoms with Gasteiger partial charge in [-0.1, -0.05) is 15.9 Å². The van der Waals surface area contributed by atoms with Crippen molar-refractivity contribution in [2.45, 2.75) is 32.2 Å². The largest absolute Gasteiger partial charge is 0.349 e. The van der Waals surface area contributed by atoms with Crippen molar-refractivity contribution in [1.29, 1.82) is 0 Å². The molecule has 2 unspecified atom stereocenters. The molecule has 0 aromatic carbocycles. The van der Waals surface area contributed by atoms with Crippen molar-refractivity contribution in [1.82, 2.24) is 0 Å². The Kier molecular flexibility index (Phi) is 2.72. The smallest absolute Gasteiger partial charge is 0.175 e. The zero-order valence-corrected chi connectivity index (χ0v) is 7.98. The average Bonchev–Trinajstić information content (AvgIpc) is 1.88. The van der Waals surface area contributed by atoms with Crippen molar-refractivity contribution in [3.05, 3.63) is 0 Å². The Balaban J connectivity index is 2.45. The Labute approximate surface area is 70.0 Å². The van der Waals surface area contributed by atoms with E-state index in [4.69, 9.17) is 9.47 Å². The van der Waals surface area contributed by atoms with Gasteiger partial charge in [-0.3, -0.25) is 0 Å². The van der Waals surface area contributed by atoms with Crippen LogP contribution in [0.25, 0.3) is 0 Å². The molecule has 10 heavy (non-hydrogen) atoms. The molecule has 1 aliphatic heterocycles. The molecule has 0 N–H and O–H groups in total. The van der Waals surface area contributed by atoms with Crippen LogP contribution in [0.15, 0.2) is 0 Å². The molecule has 0 aromatic rings. The van der Waals surface area contributed by atoms with Crippen molar-refractivity contribution < 1.29 is 9.47 Å². The lowest BCUT2D eigenvalue weighted by atomic mass is 10.2. The predicted octanol–water partition coefficient (Wildman–Crippen LogP) is 1.92. The van der Waals surface area contributed by atoms with E-state index in [0.29, 0.717) is 6.10 Å². The molecule has 0 radical (unpaired) electrons. The van der Waals surface area contributed by atoms with Crippen LogP contribution in [0.1, 0.15) is 20.3 Å². The third kappa shape index (κ3) is 1.94. The van der Waals surface area contributed by atoms with E-state index in [2.05, 4.69) is 22.9 Å². The molecule has 1 fully saturated rings. The van der Waals surface area contributed by atoms with Crippen LogP contribution in [0.5, 0.6) is 0 Å². The van der Waals surface area contributed by atoms with Gasteiger partial charge < -0.3 is 9.47 Å². The van der Waals surface area contributed by atoms with Crippen LogP contribution in [0, 0.1) is 0 Å². The van der Waals surface area contributed by atoms with Gasteiger partial charge in [-0.15, -0.1) is 0 Å². The van der Waals surface area contributed by atoms with Gasteiger partial charge in [0.2, 0.25) is 0 Å². The zero-order valence-electron chi connectivity index (χ0n) is 6.39. The number of ether oxygens (including phenoxy) is 2. The van der Waals surface area contributed by atoms with Crippen molar-refractivity contribution in [3.63, 3.8) is 0 Å². The summed E-state index contributed by atoms with van der Waals surface area (Å²) in [4.78, 5) is 0. The van der Waals surface area contributed by atoms with E-state index in [-0.39, 0.29) is 0 Å². The summed E-state index contributed by atoms with van der Waals surface area (Å²) in [6.07, 6.45) is 1.33. The standard InChI is InChI=1S/C7H13BrO2/c1-6-3-4-9-7(2,5-8)10-6/h6H,3-5H2,1-2H3. The van der Waals surface area contributed by atoms with Crippen LogP contribution in [0.2, 0.25) is 0 Å². The number of halogens is 1. The molecule has 1 aliphatic rings. The highest BCUT2D eigenvalue weighted by atomic mass is 79.9. The summed E-state index contributed by atoms with van der Waals surface area (Å²) < 4.78 is 11.0. The molecule has 0 bridgehead atoms. The molecular weight excluding hydrogens is 196 g/mol. The van der Waals surface area contributed by atoms with E-state index in [1.165, 1.54) is 0 Å². The summed E-state index contributed by atoms with van der Waals surface area (Å²) in [5.41, 5.74) is 0. The Morgan fingerprint density at radius 3 is 2.80 bits per heavy atom. The van der Waals surface area contributed by atoms with Gasteiger partial charge in [-0.25, -0.2) is 0 Å². The molecule has 0 aliphatic carbocycles. The highest BCUT2D eigenvalue weighted by molar-refractivity contribution is 9.09. The Morgan fingerprint density at radius 2 is 2.40 bits per heavy atom. The molecule has 2 nitrogen and oxygen atoms in total. The zero-order chi connectivity index (χ0) is 7.61. The first kappa shape index (κ1) is 8.50. The van der Waals surface area contributed by atoms with Gasteiger partial charge in [0.15, 0.2) is 5.79 Å². The van der Waals surface area contributed by atoms with E-state index in [9.17, 15) is 0 Å². The fourth-order valence-corrected chi connectivity index (χ4v) is 1.32. The van der Waals surface area contributed by atoms with Gasteiger partial charge in [0.05, 0.1) is 18.0 Å². The van der Waals surface area contributed by atoms with Crippen molar-refractivity contribution in [3.8, 4) is 0 Å².